The molecule has 2 atom stereocenters. The van der Waals surface area contributed by atoms with Gasteiger partial charge in [-0.1, -0.05) is 242 Å². The van der Waals surface area contributed by atoms with Crippen molar-refractivity contribution in [3.63, 3.8) is 0 Å². The summed E-state index contributed by atoms with van der Waals surface area (Å²) in [5.41, 5.74) is 0. The van der Waals surface area contributed by atoms with Crippen LogP contribution in [0.2, 0.25) is 0 Å². The summed E-state index contributed by atoms with van der Waals surface area (Å²) in [7, 11) is 0. The molecule has 0 fully saturated rings. The Hall–Kier alpha value is -2.18. The molecule has 380 valence electrons. The molecule has 0 aromatic heterocycles. The van der Waals surface area contributed by atoms with Gasteiger partial charge in [-0.25, -0.2) is 0 Å². The highest BCUT2D eigenvalue weighted by molar-refractivity contribution is 5.76. The second kappa shape index (κ2) is 54.4. The van der Waals surface area contributed by atoms with Crippen LogP contribution in [0, 0.1) is 0 Å². The molecule has 6 heteroatoms. The highest BCUT2D eigenvalue weighted by Gasteiger charge is 2.18. The maximum absolute atomic E-state index is 12.5. The van der Waals surface area contributed by atoms with Gasteiger partial charge in [0.1, 0.15) is 0 Å². The summed E-state index contributed by atoms with van der Waals surface area (Å²) >= 11 is 0. The molecule has 0 saturated carbocycles. The van der Waals surface area contributed by atoms with Crippen LogP contribution in [0.3, 0.4) is 0 Å². The first kappa shape index (κ1) is 62.8. The smallest absolute Gasteiger partial charge is 0.305 e. The molecule has 0 aromatic carbocycles. The van der Waals surface area contributed by atoms with Crippen molar-refractivity contribution >= 4 is 11.9 Å². The normalized spacial score (nSPS) is 13.0. The van der Waals surface area contributed by atoms with Crippen LogP contribution in [-0.4, -0.2) is 47.4 Å². The maximum atomic E-state index is 12.5. The summed E-state index contributed by atoms with van der Waals surface area (Å²) in [4.78, 5) is 24.4. The monoisotopic (exact) mass is 912 g/mol. The number of rotatable bonds is 52. The molecule has 0 aliphatic carbocycles. The molecule has 0 radical (unpaired) electrons. The summed E-state index contributed by atoms with van der Waals surface area (Å²) in [6, 6.07) is -0.637. The zero-order valence-electron chi connectivity index (χ0n) is 43.2. The summed E-state index contributed by atoms with van der Waals surface area (Å²) in [6.45, 7) is 4.82. The molecule has 0 aliphatic rings. The molecular formula is C59H109NO5. The summed E-state index contributed by atoms with van der Waals surface area (Å²) in [6.07, 6.45) is 68.4. The van der Waals surface area contributed by atoms with Crippen LogP contribution in [0.1, 0.15) is 290 Å². The van der Waals surface area contributed by atoms with Gasteiger partial charge in [0.15, 0.2) is 0 Å². The van der Waals surface area contributed by atoms with E-state index in [1.807, 2.05) is 6.08 Å². The Morgan fingerprint density at radius 1 is 0.431 bits per heavy atom. The van der Waals surface area contributed by atoms with E-state index in [-0.39, 0.29) is 18.5 Å². The molecule has 0 saturated heterocycles. The molecule has 0 bridgehead atoms. The van der Waals surface area contributed by atoms with E-state index in [1.54, 1.807) is 6.08 Å². The zero-order valence-corrected chi connectivity index (χ0v) is 43.2. The van der Waals surface area contributed by atoms with Crippen LogP contribution in [0.25, 0.3) is 0 Å². The first-order chi connectivity index (χ1) is 32.0. The number of aliphatic hydroxyl groups excluding tert-OH is 2. The lowest BCUT2D eigenvalue weighted by atomic mass is 10.0. The number of hydrogen-bond acceptors (Lipinski definition) is 5. The highest BCUT2D eigenvalue weighted by Crippen LogP contribution is 2.16. The Labute approximate surface area is 404 Å². The third kappa shape index (κ3) is 51.1. The average Bonchev–Trinajstić information content (AvgIpc) is 3.31. The minimum Gasteiger partial charge on any atom is -0.466 e. The molecule has 3 N–H and O–H groups in total. The van der Waals surface area contributed by atoms with Gasteiger partial charge < -0.3 is 20.3 Å². The van der Waals surface area contributed by atoms with Crippen molar-refractivity contribution in [2.45, 2.75) is 302 Å². The highest BCUT2D eigenvalue weighted by atomic mass is 16.5. The van der Waals surface area contributed by atoms with Crippen molar-refractivity contribution < 1.29 is 24.5 Å². The van der Waals surface area contributed by atoms with Crippen LogP contribution < -0.4 is 5.32 Å². The molecular weight excluding hydrogens is 803 g/mol. The second-order valence-electron chi connectivity index (χ2n) is 19.3. The number of allylic oxidation sites excluding steroid dienone is 7. The van der Waals surface area contributed by atoms with Gasteiger partial charge in [0.25, 0.3) is 0 Å². The van der Waals surface area contributed by atoms with E-state index in [0.29, 0.717) is 19.4 Å². The van der Waals surface area contributed by atoms with Crippen molar-refractivity contribution in [2.24, 2.45) is 0 Å². The number of unbranched alkanes of at least 4 members (excludes halogenated alkanes) is 36. The van der Waals surface area contributed by atoms with Gasteiger partial charge >= 0.3 is 5.97 Å². The number of carbonyl (C=O) groups is 2. The molecule has 0 spiro atoms. The van der Waals surface area contributed by atoms with E-state index in [0.717, 1.165) is 77.0 Å². The predicted octanol–water partition coefficient (Wildman–Crippen LogP) is 17.4. The van der Waals surface area contributed by atoms with Gasteiger partial charge in [0, 0.05) is 12.8 Å². The molecule has 6 nitrogen and oxygen atoms in total. The summed E-state index contributed by atoms with van der Waals surface area (Å²) in [5, 5.41) is 23.1. The Balaban J connectivity index is 3.53. The third-order valence-electron chi connectivity index (χ3n) is 12.8. The van der Waals surface area contributed by atoms with Gasteiger partial charge in [-0.2, -0.15) is 0 Å². The SMILES string of the molecule is CCCC/C=C\CCCCCCCC(=O)OCCCCC/C=C\C=C/CCCCCCCCCCCCC(=O)NC(CO)C(O)/C=C/CCCCCCCCCCCCCCCCCC. The first-order valence-corrected chi connectivity index (χ1v) is 28.4. The first-order valence-electron chi connectivity index (χ1n) is 28.4. The molecule has 0 rings (SSSR count). The van der Waals surface area contributed by atoms with Gasteiger partial charge in [-0.05, 0) is 83.5 Å². The van der Waals surface area contributed by atoms with Gasteiger partial charge in [0.2, 0.25) is 5.91 Å². The molecule has 65 heavy (non-hydrogen) atoms. The van der Waals surface area contributed by atoms with Gasteiger partial charge in [-0.15, -0.1) is 0 Å². The van der Waals surface area contributed by atoms with E-state index in [4.69, 9.17) is 4.74 Å². The quantitative estimate of drug-likeness (QED) is 0.0245. The Morgan fingerprint density at radius 2 is 0.785 bits per heavy atom. The number of carbonyl (C=O) groups excluding carboxylic acids is 2. The number of ether oxygens (including phenoxy) is 1. The van der Waals surface area contributed by atoms with E-state index >= 15 is 0 Å². The third-order valence-corrected chi connectivity index (χ3v) is 12.8. The fourth-order valence-electron chi connectivity index (χ4n) is 8.43. The van der Waals surface area contributed by atoms with Crippen molar-refractivity contribution in [3.8, 4) is 0 Å². The molecule has 2 unspecified atom stereocenters. The lowest BCUT2D eigenvalue weighted by Gasteiger charge is -2.20. The Kier molecular flexibility index (Phi) is 52.6. The Bertz CT molecular complexity index is 1100. The van der Waals surface area contributed by atoms with Crippen molar-refractivity contribution in [1.29, 1.82) is 0 Å². The maximum Gasteiger partial charge on any atom is 0.305 e. The molecule has 0 aliphatic heterocycles. The second-order valence-corrected chi connectivity index (χ2v) is 19.3. The minimum atomic E-state index is -0.852. The van der Waals surface area contributed by atoms with E-state index in [9.17, 15) is 19.8 Å². The predicted molar refractivity (Wildman–Crippen MR) is 282 cm³/mol. The fraction of sp³-hybridized carbons (Fsp3) is 0.831. The van der Waals surface area contributed by atoms with Crippen LogP contribution in [0.5, 0.6) is 0 Å². The number of hydrogen-bond donors (Lipinski definition) is 3. The molecule has 0 aromatic rings. The average molecular weight is 913 g/mol. The molecule has 0 heterocycles. The van der Waals surface area contributed by atoms with E-state index < -0.39 is 12.1 Å². The van der Waals surface area contributed by atoms with Crippen LogP contribution in [-0.2, 0) is 14.3 Å². The van der Waals surface area contributed by atoms with Crippen molar-refractivity contribution in [2.75, 3.05) is 13.2 Å². The van der Waals surface area contributed by atoms with Gasteiger partial charge in [0.05, 0.1) is 25.4 Å². The van der Waals surface area contributed by atoms with Crippen molar-refractivity contribution in [3.05, 3.63) is 48.6 Å². The lowest BCUT2D eigenvalue weighted by Crippen LogP contribution is -2.45. The number of aliphatic hydroxyl groups is 2. The fourth-order valence-corrected chi connectivity index (χ4v) is 8.43. The lowest BCUT2D eigenvalue weighted by molar-refractivity contribution is -0.143. The summed E-state index contributed by atoms with van der Waals surface area (Å²) < 4.78 is 5.42. The molecule has 1 amide bonds. The largest absolute Gasteiger partial charge is 0.466 e. The number of amides is 1. The summed E-state index contributed by atoms with van der Waals surface area (Å²) in [5.74, 6) is -0.103. The number of esters is 1. The minimum absolute atomic E-state index is 0.0258. The zero-order chi connectivity index (χ0) is 47.2. The van der Waals surface area contributed by atoms with Crippen molar-refractivity contribution in [1.82, 2.24) is 5.32 Å². The van der Waals surface area contributed by atoms with Gasteiger partial charge in [-0.3, -0.25) is 9.59 Å². The topological polar surface area (TPSA) is 95.9 Å². The standard InChI is InChI=1S/C59H109NO5/c1-3-5-7-9-11-13-15-16-17-18-22-25-28-32-35-39-43-47-51-57(62)56(55-61)60-58(63)52-48-44-40-36-33-29-26-23-20-19-21-24-27-30-34-38-42-46-50-54-65-59(64)53-49-45-41-37-31-14-12-10-8-6-4-2/h10,12,24,27,30,34,47,51,56-57,61-62H,3-9,11,13-23,25-26,28-29,31-33,35-46,48-50,52-55H2,1-2H3,(H,60,63)/b12-10-,27-24-,34-30-,51-47+. The van der Waals surface area contributed by atoms with Crippen LogP contribution >= 0.6 is 0 Å². The van der Waals surface area contributed by atoms with E-state index in [1.165, 1.54) is 186 Å². The van der Waals surface area contributed by atoms with E-state index in [2.05, 4.69) is 55.6 Å². The number of nitrogens with one attached hydrogen (secondary N) is 1. The van der Waals surface area contributed by atoms with Crippen LogP contribution in [0.15, 0.2) is 48.6 Å². The van der Waals surface area contributed by atoms with Crippen LogP contribution in [0.4, 0.5) is 0 Å². The Morgan fingerprint density at radius 3 is 1.23 bits per heavy atom.